The molecule has 0 radical (unpaired) electrons. The SMILES string of the molecule is C=CC(=O)Nc1cc(Nc2nccc(-c3cn(C)c4ccccc34)n2)c(OC)cc1N(C)CCN(C)CCC1CC1. The van der Waals surface area contributed by atoms with E-state index in [2.05, 4.69) is 61.9 Å². The molecule has 1 saturated carbocycles. The van der Waals surface area contributed by atoms with Crippen molar-refractivity contribution in [2.75, 3.05) is 56.4 Å². The normalized spacial score (nSPS) is 12.9. The first-order valence-electron chi connectivity index (χ1n) is 14.1. The van der Waals surface area contributed by atoms with Crippen LogP contribution in [0.4, 0.5) is 23.0 Å². The number of nitrogens with one attached hydrogen (secondary N) is 2. The van der Waals surface area contributed by atoms with Gasteiger partial charge in [0.2, 0.25) is 11.9 Å². The number of hydrogen-bond acceptors (Lipinski definition) is 7. The summed E-state index contributed by atoms with van der Waals surface area (Å²) < 4.78 is 7.87. The molecule has 0 unspecified atom stereocenters. The van der Waals surface area contributed by atoms with Crippen LogP contribution < -0.4 is 20.3 Å². The van der Waals surface area contributed by atoms with Crippen LogP contribution in [0.5, 0.6) is 5.75 Å². The third kappa shape index (κ3) is 6.69. The Morgan fingerprint density at radius 3 is 2.71 bits per heavy atom. The van der Waals surface area contributed by atoms with E-state index in [0.29, 0.717) is 23.1 Å². The summed E-state index contributed by atoms with van der Waals surface area (Å²) in [5.41, 5.74) is 5.10. The Morgan fingerprint density at radius 2 is 1.95 bits per heavy atom. The predicted molar refractivity (Wildman–Crippen MR) is 167 cm³/mol. The van der Waals surface area contributed by atoms with Crippen molar-refractivity contribution in [3.8, 4) is 17.0 Å². The molecule has 5 rings (SSSR count). The third-order valence-electron chi connectivity index (χ3n) is 7.68. The van der Waals surface area contributed by atoms with Gasteiger partial charge in [0.15, 0.2) is 0 Å². The van der Waals surface area contributed by atoms with E-state index in [0.717, 1.165) is 53.4 Å². The first kappa shape index (κ1) is 28.2. The van der Waals surface area contributed by atoms with Crippen molar-refractivity contribution in [1.29, 1.82) is 0 Å². The number of methoxy groups -OCH3 is 1. The number of hydrogen-bond donors (Lipinski definition) is 2. The first-order valence-corrected chi connectivity index (χ1v) is 14.1. The van der Waals surface area contributed by atoms with Crippen LogP contribution in [0.3, 0.4) is 0 Å². The summed E-state index contributed by atoms with van der Waals surface area (Å²) in [6.45, 7) is 6.43. The number of carbonyl (C=O) groups is 1. The minimum Gasteiger partial charge on any atom is -0.494 e. The van der Waals surface area contributed by atoms with E-state index in [4.69, 9.17) is 9.72 Å². The molecule has 0 atom stereocenters. The number of ether oxygens (including phenoxy) is 1. The summed E-state index contributed by atoms with van der Waals surface area (Å²) in [5, 5.41) is 7.40. The Hall–Kier alpha value is -4.37. The molecule has 41 heavy (non-hydrogen) atoms. The van der Waals surface area contributed by atoms with Crippen LogP contribution in [0, 0.1) is 5.92 Å². The predicted octanol–water partition coefficient (Wildman–Crippen LogP) is 5.68. The molecule has 9 nitrogen and oxygen atoms in total. The molecule has 2 aromatic carbocycles. The highest BCUT2D eigenvalue weighted by Gasteiger charge is 2.21. The fourth-order valence-electron chi connectivity index (χ4n) is 5.03. The van der Waals surface area contributed by atoms with E-state index in [1.165, 1.54) is 25.3 Å². The van der Waals surface area contributed by atoms with Gasteiger partial charge in [-0.15, -0.1) is 0 Å². The van der Waals surface area contributed by atoms with Crippen molar-refractivity contribution in [1.82, 2.24) is 19.4 Å². The Balaban J connectivity index is 1.40. The molecule has 0 spiro atoms. The quantitative estimate of drug-likeness (QED) is 0.206. The Morgan fingerprint density at radius 1 is 1.15 bits per heavy atom. The molecule has 1 aliphatic rings. The van der Waals surface area contributed by atoms with Crippen LogP contribution in [0.25, 0.3) is 22.2 Å². The molecule has 1 amide bonds. The van der Waals surface area contributed by atoms with Crippen LogP contribution in [-0.2, 0) is 11.8 Å². The van der Waals surface area contributed by atoms with Crippen LogP contribution in [0.2, 0.25) is 0 Å². The molecule has 1 fully saturated rings. The number of likely N-dealkylation sites (N-methyl/N-ethyl adjacent to an activating group) is 2. The number of amides is 1. The monoisotopic (exact) mass is 553 g/mol. The van der Waals surface area contributed by atoms with E-state index in [1.54, 1.807) is 13.3 Å². The molecule has 214 valence electrons. The van der Waals surface area contributed by atoms with Gasteiger partial charge >= 0.3 is 0 Å². The van der Waals surface area contributed by atoms with Gasteiger partial charge in [0.1, 0.15) is 5.75 Å². The topological polar surface area (TPSA) is 87.5 Å². The van der Waals surface area contributed by atoms with Crippen molar-refractivity contribution in [3.05, 3.63) is 67.5 Å². The minimum atomic E-state index is -0.286. The van der Waals surface area contributed by atoms with Crippen LogP contribution in [0.1, 0.15) is 19.3 Å². The van der Waals surface area contributed by atoms with Gasteiger partial charge in [0.25, 0.3) is 0 Å². The summed E-state index contributed by atoms with van der Waals surface area (Å²) in [7, 11) is 7.85. The van der Waals surface area contributed by atoms with Gasteiger partial charge < -0.3 is 29.7 Å². The lowest BCUT2D eigenvalue weighted by molar-refractivity contribution is -0.111. The maximum atomic E-state index is 12.4. The molecule has 2 heterocycles. The standard InChI is InChI=1S/C32H39N7O2/c1-6-31(40)34-26-19-27(30(41-5)20-29(26)38(3)18-17-37(2)16-14-22-11-12-22)36-32-33-15-13-25(35-32)24-21-39(4)28-10-8-7-9-23(24)28/h6-10,13,15,19-22H,1,11-12,14,16-18H2,2-5H3,(H,34,40)(H,33,35,36). The number of fused-ring (bicyclic) bond motifs is 1. The average molecular weight is 554 g/mol. The van der Waals surface area contributed by atoms with Crippen LogP contribution >= 0.6 is 0 Å². The highest BCUT2D eigenvalue weighted by molar-refractivity contribution is 6.02. The molecule has 0 aliphatic heterocycles. The van der Waals surface area contributed by atoms with Crippen molar-refractivity contribution in [2.45, 2.75) is 19.3 Å². The molecule has 2 N–H and O–H groups in total. The molecule has 4 aromatic rings. The molecule has 0 saturated heterocycles. The van der Waals surface area contributed by atoms with Crippen molar-refractivity contribution in [2.24, 2.45) is 13.0 Å². The number of carbonyl (C=O) groups excluding carboxylic acids is 1. The fourth-order valence-corrected chi connectivity index (χ4v) is 5.03. The lowest BCUT2D eigenvalue weighted by atomic mass is 10.1. The van der Waals surface area contributed by atoms with Crippen molar-refractivity contribution >= 4 is 39.8 Å². The lowest BCUT2D eigenvalue weighted by Crippen LogP contribution is -2.32. The zero-order chi connectivity index (χ0) is 28.9. The summed E-state index contributed by atoms with van der Waals surface area (Å²) >= 11 is 0. The Kier molecular flexibility index (Phi) is 8.54. The summed E-state index contributed by atoms with van der Waals surface area (Å²) in [6, 6.07) is 13.9. The number of anilines is 4. The van der Waals surface area contributed by atoms with Crippen molar-refractivity contribution in [3.63, 3.8) is 0 Å². The maximum Gasteiger partial charge on any atom is 0.247 e. The smallest absolute Gasteiger partial charge is 0.247 e. The van der Waals surface area contributed by atoms with Gasteiger partial charge in [0.05, 0.1) is 29.9 Å². The van der Waals surface area contributed by atoms with Gasteiger partial charge in [-0.1, -0.05) is 37.6 Å². The number of nitrogens with zero attached hydrogens (tertiary/aromatic N) is 5. The molecule has 2 aromatic heterocycles. The Bertz CT molecular complexity index is 1540. The number of aromatic nitrogens is 3. The average Bonchev–Trinajstić information content (AvgIpc) is 3.76. The number of aryl methyl sites for hydroxylation is 1. The van der Waals surface area contributed by atoms with Crippen LogP contribution in [0.15, 0.2) is 67.5 Å². The zero-order valence-electron chi connectivity index (χ0n) is 24.4. The first-order chi connectivity index (χ1) is 19.9. The maximum absolute atomic E-state index is 12.4. The van der Waals surface area contributed by atoms with Gasteiger partial charge in [-0.2, -0.15) is 0 Å². The van der Waals surface area contributed by atoms with Crippen molar-refractivity contribution < 1.29 is 9.53 Å². The van der Waals surface area contributed by atoms with E-state index >= 15 is 0 Å². The lowest BCUT2D eigenvalue weighted by Gasteiger charge is -2.27. The van der Waals surface area contributed by atoms with E-state index in [1.807, 2.05) is 44.4 Å². The molecule has 9 heteroatoms. The Labute approximate surface area is 241 Å². The molecular formula is C32H39N7O2. The van der Waals surface area contributed by atoms with E-state index in [9.17, 15) is 4.79 Å². The highest BCUT2D eigenvalue weighted by atomic mass is 16.5. The number of para-hydroxylation sites is 1. The summed E-state index contributed by atoms with van der Waals surface area (Å²) in [5.74, 6) is 1.67. The second kappa shape index (κ2) is 12.4. The third-order valence-corrected chi connectivity index (χ3v) is 7.68. The van der Waals surface area contributed by atoms with Gasteiger partial charge in [0, 0.05) is 62.1 Å². The summed E-state index contributed by atoms with van der Waals surface area (Å²) in [6.07, 6.45) is 9.09. The van der Waals surface area contributed by atoms with Crippen LogP contribution in [-0.4, -0.2) is 66.2 Å². The van der Waals surface area contributed by atoms with Gasteiger partial charge in [-0.3, -0.25) is 4.79 Å². The second-order valence-corrected chi connectivity index (χ2v) is 10.8. The second-order valence-electron chi connectivity index (χ2n) is 10.8. The number of rotatable bonds is 13. The highest BCUT2D eigenvalue weighted by Crippen LogP contribution is 2.38. The molecular weight excluding hydrogens is 514 g/mol. The summed E-state index contributed by atoms with van der Waals surface area (Å²) in [4.78, 5) is 26.2. The van der Waals surface area contributed by atoms with Gasteiger partial charge in [-0.05, 0) is 50.2 Å². The molecule has 1 aliphatic carbocycles. The minimum absolute atomic E-state index is 0.286. The van der Waals surface area contributed by atoms with Gasteiger partial charge in [-0.25, -0.2) is 9.97 Å². The zero-order valence-corrected chi connectivity index (χ0v) is 24.4. The molecule has 0 bridgehead atoms. The largest absolute Gasteiger partial charge is 0.494 e. The van der Waals surface area contributed by atoms with E-state index < -0.39 is 0 Å². The number of benzene rings is 2. The fraction of sp³-hybridized carbons (Fsp3) is 0.344. The van der Waals surface area contributed by atoms with E-state index in [-0.39, 0.29) is 5.91 Å².